The monoisotopic (exact) mass is 315 g/mol. The molecule has 4 nitrogen and oxygen atoms in total. The lowest BCUT2D eigenvalue weighted by atomic mass is 10.1. The number of benzene rings is 1. The fraction of sp³-hybridized carbons (Fsp3) is 0.462. The van der Waals surface area contributed by atoms with Gasteiger partial charge < -0.3 is 15.2 Å². The number of ether oxygens (including phenoxy) is 1. The Morgan fingerprint density at radius 1 is 1.50 bits per heavy atom. The van der Waals surface area contributed by atoms with Crippen LogP contribution in [-0.2, 0) is 0 Å². The lowest BCUT2D eigenvalue weighted by Crippen LogP contribution is -2.34. The topological polar surface area (TPSA) is 58.6 Å². The average Bonchev–Trinajstić information content (AvgIpc) is 2.27. The first-order valence-corrected chi connectivity index (χ1v) is 6.55. The zero-order valence-corrected chi connectivity index (χ0v) is 12.3. The molecule has 100 valence electrons. The van der Waals surface area contributed by atoms with Gasteiger partial charge in [0.2, 0.25) is 0 Å². The van der Waals surface area contributed by atoms with Gasteiger partial charge >= 0.3 is 0 Å². The Morgan fingerprint density at radius 3 is 2.67 bits per heavy atom. The highest BCUT2D eigenvalue weighted by Crippen LogP contribution is 2.25. The van der Waals surface area contributed by atoms with Crippen molar-refractivity contribution in [2.24, 2.45) is 0 Å². The summed E-state index contributed by atoms with van der Waals surface area (Å²) in [4.78, 5) is 11.9. The highest BCUT2D eigenvalue weighted by molar-refractivity contribution is 9.10. The molecule has 1 aromatic carbocycles. The van der Waals surface area contributed by atoms with E-state index < -0.39 is 6.10 Å². The number of carbonyl (C=O) groups excluding carboxylic acids is 1. The van der Waals surface area contributed by atoms with Crippen LogP contribution in [-0.4, -0.2) is 30.3 Å². The minimum absolute atomic E-state index is 0.0709. The second kappa shape index (κ2) is 6.75. The molecule has 0 saturated carbocycles. The van der Waals surface area contributed by atoms with E-state index in [1.54, 1.807) is 32.2 Å². The van der Waals surface area contributed by atoms with Gasteiger partial charge in [0, 0.05) is 11.6 Å². The summed E-state index contributed by atoms with van der Waals surface area (Å²) in [6.07, 6.45) is 0.103. The fourth-order valence-electron chi connectivity index (χ4n) is 1.69. The minimum Gasteiger partial charge on any atom is -0.496 e. The zero-order chi connectivity index (χ0) is 13.7. The Balaban J connectivity index is 2.70. The molecule has 0 heterocycles. The van der Waals surface area contributed by atoms with Crippen LogP contribution in [0, 0.1) is 0 Å². The summed E-state index contributed by atoms with van der Waals surface area (Å²) in [5.41, 5.74) is 0.556. The van der Waals surface area contributed by atoms with Gasteiger partial charge in [-0.15, -0.1) is 0 Å². The van der Waals surface area contributed by atoms with Crippen molar-refractivity contribution >= 4 is 21.8 Å². The second-order valence-corrected chi connectivity index (χ2v) is 5.16. The van der Waals surface area contributed by atoms with Crippen LogP contribution in [0.5, 0.6) is 5.75 Å². The average molecular weight is 316 g/mol. The SMILES string of the molecule is COc1ccc(C(=O)NC(C)CC(C)O)cc1Br. The maximum absolute atomic E-state index is 11.9. The molecule has 0 aliphatic rings. The first-order valence-electron chi connectivity index (χ1n) is 5.76. The quantitative estimate of drug-likeness (QED) is 0.877. The van der Waals surface area contributed by atoms with Gasteiger partial charge in [-0.25, -0.2) is 0 Å². The molecule has 0 aliphatic heterocycles. The van der Waals surface area contributed by atoms with Gasteiger partial charge in [-0.1, -0.05) is 0 Å². The van der Waals surface area contributed by atoms with Crippen LogP contribution >= 0.6 is 15.9 Å². The van der Waals surface area contributed by atoms with E-state index in [1.165, 1.54) is 0 Å². The molecule has 5 heteroatoms. The first kappa shape index (κ1) is 15.0. The van der Waals surface area contributed by atoms with Gasteiger partial charge in [0.25, 0.3) is 5.91 Å². The van der Waals surface area contributed by atoms with E-state index in [1.807, 2.05) is 6.92 Å². The van der Waals surface area contributed by atoms with E-state index in [0.29, 0.717) is 17.7 Å². The van der Waals surface area contributed by atoms with Gasteiger partial charge in [-0.2, -0.15) is 0 Å². The van der Waals surface area contributed by atoms with E-state index in [-0.39, 0.29) is 11.9 Å². The van der Waals surface area contributed by atoms with Crippen molar-refractivity contribution in [3.8, 4) is 5.75 Å². The van der Waals surface area contributed by atoms with Crippen molar-refractivity contribution in [2.45, 2.75) is 32.4 Å². The van der Waals surface area contributed by atoms with Gasteiger partial charge in [-0.05, 0) is 54.4 Å². The molecule has 0 bridgehead atoms. The molecular formula is C13H18BrNO3. The molecule has 1 amide bonds. The van der Waals surface area contributed by atoms with Crippen LogP contribution in [0.4, 0.5) is 0 Å². The number of nitrogens with one attached hydrogen (secondary N) is 1. The number of hydrogen-bond acceptors (Lipinski definition) is 3. The van der Waals surface area contributed by atoms with Crippen molar-refractivity contribution in [2.75, 3.05) is 7.11 Å². The predicted molar refractivity (Wildman–Crippen MR) is 73.9 cm³/mol. The Labute approximate surface area is 115 Å². The first-order chi connectivity index (χ1) is 8.43. The second-order valence-electron chi connectivity index (χ2n) is 4.31. The summed E-state index contributed by atoms with van der Waals surface area (Å²) >= 11 is 3.34. The summed E-state index contributed by atoms with van der Waals surface area (Å²) in [5, 5.41) is 12.1. The summed E-state index contributed by atoms with van der Waals surface area (Å²) < 4.78 is 5.84. The lowest BCUT2D eigenvalue weighted by Gasteiger charge is -2.15. The van der Waals surface area contributed by atoms with Crippen molar-refractivity contribution in [1.29, 1.82) is 0 Å². The third kappa shape index (κ3) is 4.31. The molecular weight excluding hydrogens is 298 g/mol. The molecule has 0 aromatic heterocycles. The van der Waals surface area contributed by atoms with Crippen LogP contribution in [0.1, 0.15) is 30.6 Å². The Hall–Kier alpha value is -1.07. The number of aliphatic hydroxyl groups excluding tert-OH is 1. The summed E-state index contributed by atoms with van der Waals surface area (Å²) in [5.74, 6) is 0.523. The third-order valence-electron chi connectivity index (χ3n) is 2.49. The highest BCUT2D eigenvalue weighted by Gasteiger charge is 2.13. The van der Waals surface area contributed by atoms with Crippen molar-refractivity contribution in [3.05, 3.63) is 28.2 Å². The number of rotatable bonds is 5. The maximum atomic E-state index is 11.9. The van der Waals surface area contributed by atoms with Crippen LogP contribution in [0.15, 0.2) is 22.7 Å². The van der Waals surface area contributed by atoms with Gasteiger partial charge in [-0.3, -0.25) is 4.79 Å². The van der Waals surface area contributed by atoms with E-state index in [2.05, 4.69) is 21.2 Å². The van der Waals surface area contributed by atoms with Crippen LogP contribution < -0.4 is 10.1 Å². The van der Waals surface area contributed by atoms with Gasteiger partial charge in [0.15, 0.2) is 0 Å². The van der Waals surface area contributed by atoms with Crippen molar-refractivity contribution in [1.82, 2.24) is 5.32 Å². The number of hydrogen-bond donors (Lipinski definition) is 2. The van der Waals surface area contributed by atoms with E-state index in [4.69, 9.17) is 4.74 Å². The molecule has 0 fully saturated rings. The number of aliphatic hydroxyl groups is 1. The molecule has 2 unspecified atom stereocenters. The Morgan fingerprint density at radius 2 is 2.17 bits per heavy atom. The predicted octanol–water partition coefficient (Wildman–Crippen LogP) is 2.35. The third-order valence-corrected chi connectivity index (χ3v) is 3.11. The van der Waals surface area contributed by atoms with Gasteiger partial charge in [0.05, 0.1) is 17.7 Å². The molecule has 0 aliphatic carbocycles. The number of methoxy groups -OCH3 is 1. The molecule has 0 spiro atoms. The normalized spacial score (nSPS) is 13.8. The molecule has 18 heavy (non-hydrogen) atoms. The summed E-state index contributed by atoms with van der Waals surface area (Å²) in [6.45, 7) is 3.57. The minimum atomic E-state index is -0.428. The maximum Gasteiger partial charge on any atom is 0.251 e. The van der Waals surface area contributed by atoms with Crippen molar-refractivity contribution < 1.29 is 14.6 Å². The number of halogens is 1. The van der Waals surface area contributed by atoms with Crippen LogP contribution in [0.2, 0.25) is 0 Å². The summed E-state index contributed by atoms with van der Waals surface area (Å²) in [7, 11) is 1.57. The molecule has 1 rings (SSSR count). The smallest absolute Gasteiger partial charge is 0.251 e. The van der Waals surface area contributed by atoms with Crippen LogP contribution in [0.25, 0.3) is 0 Å². The molecule has 0 saturated heterocycles. The van der Waals surface area contributed by atoms with E-state index >= 15 is 0 Å². The van der Waals surface area contributed by atoms with Crippen molar-refractivity contribution in [3.63, 3.8) is 0 Å². The van der Waals surface area contributed by atoms with Crippen LogP contribution in [0.3, 0.4) is 0 Å². The van der Waals surface area contributed by atoms with E-state index in [9.17, 15) is 9.90 Å². The fourth-order valence-corrected chi connectivity index (χ4v) is 2.23. The molecule has 2 atom stereocenters. The Bertz CT molecular complexity index is 421. The largest absolute Gasteiger partial charge is 0.496 e. The highest BCUT2D eigenvalue weighted by atomic mass is 79.9. The standard InChI is InChI=1S/C13H18BrNO3/c1-8(6-9(2)16)15-13(17)10-4-5-12(18-3)11(14)7-10/h4-5,7-9,16H,6H2,1-3H3,(H,15,17). The zero-order valence-electron chi connectivity index (χ0n) is 10.7. The molecule has 2 N–H and O–H groups in total. The molecule has 0 radical (unpaired) electrons. The van der Waals surface area contributed by atoms with Gasteiger partial charge in [0.1, 0.15) is 5.75 Å². The molecule has 1 aromatic rings. The van der Waals surface area contributed by atoms with E-state index in [0.717, 1.165) is 4.47 Å². The lowest BCUT2D eigenvalue weighted by molar-refractivity contribution is 0.0923. The Kier molecular flexibility index (Phi) is 5.62. The number of amides is 1. The summed E-state index contributed by atoms with van der Waals surface area (Å²) in [6, 6.07) is 5.08. The number of carbonyl (C=O) groups is 1.